The topological polar surface area (TPSA) is 84.5 Å². The van der Waals surface area contributed by atoms with Crippen LogP contribution in [0.5, 0.6) is 5.75 Å². The molecule has 140 valence electrons. The van der Waals surface area contributed by atoms with Gasteiger partial charge in [-0.15, -0.1) is 0 Å². The maximum Gasteiger partial charge on any atom is 0.251 e. The van der Waals surface area contributed by atoms with Crippen molar-refractivity contribution in [1.29, 1.82) is 0 Å². The second-order valence-corrected chi connectivity index (χ2v) is 7.67. The summed E-state index contributed by atoms with van der Waals surface area (Å²) in [5.74, 6) is 0.332. The van der Waals surface area contributed by atoms with Gasteiger partial charge in [0.25, 0.3) is 5.91 Å². The Labute approximate surface area is 154 Å². The predicted octanol–water partition coefficient (Wildman–Crippen LogP) is 2.70. The molecular weight excluding hydrogens is 352 g/mol. The first kappa shape index (κ1) is 19.9. The Morgan fingerprint density at radius 3 is 2.58 bits per heavy atom. The van der Waals surface area contributed by atoms with E-state index in [1.807, 2.05) is 31.2 Å². The standard InChI is InChI=1S/C19H24N2O4S/c1-4-14(2)21-26(23,24)17-10-7-9-15(12-17)19(22)20-13-16-8-5-6-11-18(16)25-3/h5-12,14,21H,4,13H2,1-3H3,(H,20,22). The van der Waals surface area contributed by atoms with Crippen molar-refractivity contribution >= 4 is 15.9 Å². The summed E-state index contributed by atoms with van der Waals surface area (Å²) in [4.78, 5) is 12.5. The Kier molecular flexibility index (Phi) is 6.76. The summed E-state index contributed by atoms with van der Waals surface area (Å²) in [6.07, 6.45) is 0.679. The molecule has 0 bridgehead atoms. The zero-order chi connectivity index (χ0) is 19.2. The molecule has 7 heteroatoms. The minimum Gasteiger partial charge on any atom is -0.496 e. The number of sulfonamides is 1. The summed E-state index contributed by atoms with van der Waals surface area (Å²) in [6, 6.07) is 13.2. The van der Waals surface area contributed by atoms with Gasteiger partial charge in [-0.1, -0.05) is 31.2 Å². The Hall–Kier alpha value is -2.38. The third-order valence-electron chi connectivity index (χ3n) is 4.01. The molecule has 26 heavy (non-hydrogen) atoms. The summed E-state index contributed by atoms with van der Waals surface area (Å²) in [7, 11) is -2.09. The second-order valence-electron chi connectivity index (χ2n) is 5.95. The van der Waals surface area contributed by atoms with Crippen molar-refractivity contribution in [2.24, 2.45) is 0 Å². The van der Waals surface area contributed by atoms with Crippen LogP contribution in [0.25, 0.3) is 0 Å². The molecule has 2 N–H and O–H groups in total. The first-order chi connectivity index (χ1) is 12.4. The molecule has 0 fully saturated rings. The molecule has 0 saturated heterocycles. The SMILES string of the molecule is CCC(C)NS(=O)(=O)c1cccc(C(=O)NCc2ccccc2OC)c1. The van der Waals surface area contributed by atoms with Crippen LogP contribution in [0.1, 0.15) is 36.2 Å². The maximum atomic E-state index is 12.4. The van der Waals surface area contributed by atoms with Crippen LogP contribution in [-0.2, 0) is 16.6 Å². The molecule has 1 unspecified atom stereocenters. The smallest absolute Gasteiger partial charge is 0.251 e. The highest BCUT2D eigenvalue weighted by atomic mass is 32.2. The number of hydrogen-bond donors (Lipinski definition) is 2. The number of hydrogen-bond acceptors (Lipinski definition) is 4. The largest absolute Gasteiger partial charge is 0.496 e. The summed E-state index contributed by atoms with van der Waals surface area (Å²) >= 11 is 0. The maximum absolute atomic E-state index is 12.4. The van der Waals surface area contributed by atoms with E-state index >= 15 is 0 Å². The summed E-state index contributed by atoms with van der Waals surface area (Å²) < 4.78 is 32.6. The van der Waals surface area contributed by atoms with Crippen molar-refractivity contribution in [1.82, 2.24) is 10.0 Å². The monoisotopic (exact) mass is 376 g/mol. The highest BCUT2D eigenvalue weighted by Gasteiger charge is 2.18. The number of carbonyl (C=O) groups is 1. The molecule has 0 spiro atoms. The van der Waals surface area contributed by atoms with Gasteiger partial charge >= 0.3 is 0 Å². The van der Waals surface area contributed by atoms with E-state index in [9.17, 15) is 13.2 Å². The predicted molar refractivity (Wildman–Crippen MR) is 101 cm³/mol. The van der Waals surface area contributed by atoms with Gasteiger partial charge in [0.15, 0.2) is 0 Å². The molecule has 2 aromatic rings. The van der Waals surface area contributed by atoms with Crippen molar-refractivity contribution in [3.8, 4) is 5.75 Å². The number of benzene rings is 2. The minimum atomic E-state index is -3.66. The number of carbonyl (C=O) groups excluding carboxylic acids is 1. The number of para-hydroxylation sites is 1. The summed E-state index contributed by atoms with van der Waals surface area (Å²) in [6.45, 7) is 3.97. The van der Waals surface area contributed by atoms with Gasteiger partial charge in [-0.25, -0.2) is 13.1 Å². The quantitative estimate of drug-likeness (QED) is 0.742. The lowest BCUT2D eigenvalue weighted by Gasteiger charge is -2.13. The number of ether oxygens (including phenoxy) is 1. The zero-order valence-corrected chi connectivity index (χ0v) is 16.0. The van der Waals surface area contributed by atoms with E-state index < -0.39 is 10.0 Å². The van der Waals surface area contributed by atoms with Crippen molar-refractivity contribution in [2.45, 2.75) is 37.8 Å². The van der Waals surface area contributed by atoms with E-state index in [1.165, 1.54) is 12.1 Å². The molecule has 0 aliphatic rings. The molecule has 0 radical (unpaired) electrons. The lowest BCUT2D eigenvalue weighted by molar-refractivity contribution is 0.0950. The second kappa shape index (κ2) is 8.82. The van der Waals surface area contributed by atoms with Crippen LogP contribution in [0.15, 0.2) is 53.4 Å². The molecular formula is C19H24N2O4S. The third-order valence-corrected chi connectivity index (χ3v) is 5.59. The van der Waals surface area contributed by atoms with Crippen LogP contribution < -0.4 is 14.8 Å². The van der Waals surface area contributed by atoms with E-state index in [4.69, 9.17) is 4.74 Å². The fourth-order valence-electron chi connectivity index (χ4n) is 2.35. The van der Waals surface area contributed by atoms with Crippen LogP contribution in [0.4, 0.5) is 0 Å². The van der Waals surface area contributed by atoms with Crippen LogP contribution in [0.3, 0.4) is 0 Å². The van der Waals surface area contributed by atoms with Crippen molar-refractivity contribution in [3.05, 3.63) is 59.7 Å². The van der Waals surface area contributed by atoms with Crippen LogP contribution in [0, 0.1) is 0 Å². The molecule has 0 saturated carbocycles. The number of rotatable bonds is 8. The molecule has 0 aliphatic heterocycles. The van der Waals surface area contributed by atoms with Crippen molar-refractivity contribution < 1.29 is 17.9 Å². The summed E-state index contributed by atoms with van der Waals surface area (Å²) in [5, 5.41) is 2.79. The lowest BCUT2D eigenvalue weighted by atomic mass is 10.2. The van der Waals surface area contributed by atoms with E-state index in [0.717, 1.165) is 5.56 Å². The first-order valence-corrected chi connectivity index (χ1v) is 9.88. The number of amides is 1. The van der Waals surface area contributed by atoms with Crippen molar-refractivity contribution in [2.75, 3.05) is 7.11 Å². The molecule has 6 nitrogen and oxygen atoms in total. The number of methoxy groups -OCH3 is 1. The van der Waals surface area contributed by atoms with Gasteiger partial charge in [0.2, 0.25) is 10.0 Å². The fraction of sp³-hybridized carbons (Fsp3) is 0.316. The highest BCUT2D eigenvalue weighted by molar-refractivity contribution is 7.89. The lowest BCUT2D eigenvalue weighted by Crippen LogP contribution is -2.32. The van der Waals surface area contributed by atoms with Gasteiger partial charge < -0.3 is 10.1 Å². The van der Waals surface area contributed by atoms with Crippen LogP contribution >= 0.6 is 0 Å². The molecule has 0 heterocycles. The third kappa shape index (κ3) is 5.06. The van der Waals surface area contributed by atoms with E-state index in [-0.39, 0.29) is 29.0 Å². The Morgan fingerprint density at radius 1 is 1.15 bits per heavy atom. The fourth-order valence-corrected chi connectivity index (χ4v) is 3.72. The average molecular weight is 376 g/mol. The normalized spacial score (nSPS) is 12.4. The first-order valence-electron chi connectivity index (χ1n) is 8.40. The van der Waals surface area contributed by atoms with Crippen LogP contribution in [0.2, 0.25) is 0 Å². The molecule has 0 aromatic heterocycles. The molecule has 2 aromatic carbocycles. The van der Waals surface area contributed by atoms with Gasteiger partial charge in [0.1, 0.15) is 5.75 Å². The molecule has 1 atom stereocenters. The van der Waals surface area contributed by atoms with E-state index in [1.54, 1.807) is 26.2 Å². The average Bonchev–Trinajstić information content (AvgIpc) is 2.66. The van der Waals surface area contributed by atoms with Gasteiger partial charge in [0, 0.05) is 23.7 Å². The summed E-state index contributed by atoms with van der Waals surface area (Å²) in [5.41, 5.74) is 1.12. The van der Waals surface area contributed by atoms with Gasteiger partial charge in [0.05, 0.1) is 12.0 Å². The minimum absolute atomic E-state index is 0.0720. The number of nitrogens with one attached hydrogen (secondary N) is 2. The Morgan fingerprint density at radius 2 is 1.88 bits per heavy atom. The molecule has 2 rings (SSSR count). The molecule has 1 amide bonds. The van der Waals surface area contributed by atoms with E-state index in [0.29, 0.717) is 12.2 Å². The Bertz CT molecular complexity index is 865. The zero-order valence-electron chi connectivity index (χ0n) is 15.2. The van der Waals surface area contributed by atoms with Gasteiger partial charge in [-0.05, 0) is 37.6 Å². The molecule has 0 aliphatic carbocycles. The van der Waals surface area contributed by atoms with Crippen molar-refractivity contribution in [3.63, 3.8) is 0 Å². The van der Waals surface area contributed by atoms with Gasteiger partial charge in [-0.2, -0.15) is 0 Å². The van der Waals surface area contributed by atoms with E-state index in [2.05, 4.69) is 10.0 Å². The van der Waals surface area contributed by atoms with Gasteiger partial charge in [-0.3, -0.25) is 4.79 Å². The highest BCUT2D eigenvalue weighted by Crippen LogP contribution is 2.17. The van der Waals surface area contributed by atoms with Crippen LogP contribution in [-0.4, -0.2) is 27.5 Å². The Balaban J connectivity index is 2.13.